The Labute approximate surface area is 115 Å². The van der Waals surface area contributed by atoms with Crippen LogP contribution in [-0.4, -0.2) is 10.8 Å². The number of fused-ring (bicyclic) bond motifs is 1. The van der Waals surface area contributed by atoms with Gasteiger partial charge in [0.1, 0.15) is 5.82 Å². The zero-order valence-corrected chi connectivity index (χ0v) is 10.9. The van der Waals surface area contributed by atoms with E-state index in [1.807, 2.05) is 25.1 Å². The standard InChI is InChI=1S/C16H13FN2O/c1-9-2-5-15-11(6-9)12(8-19-15)16(20)10-3-4-13(17)14(18)7-10/h2-8,19H,18H2,1H3. The summed E-state index contributed by atoms with van der Waals surface area (Å²) in [5, 5.41) is 0.859. The lowest BCUT2D eigenvalue weighted by atomic mass is 10.0. The number of nitrogens with one attached hydrogen (secondary N) is 1. The number of nitrogens with two attached hydrogens (primary N) is 1. The summed E-state index contributed by atoms with van der Waals surface area (Å²) in [4.78, 5) is 15.6. The van der Waals surface area contributed by atoms with Crippen molar-refractivity contribution in [2.45, 2.75) is 6.92 Å². The van der Waals surface area contributed by atoms with Gasteiger partial charge in [-0.2, -0.15) is 0 Å². The molecule has 0 bridgehead atoms. The third-order valence-corrected chi connectivity index (χ3v) is 3.34. The highest BCUT2D eigenvalue weighted by Crippen LogP contribution is 2.23. The number of hydrogen-bond donors (Lipinski definition) is 2. The van der Waals surface area contributed by atoms with Gasteiger partial charge in [0.25, 0.3) is 0 Å². The molecular weight excluding hydrogens is 255 g/mol. The van der Waals surface area contributed by atoms with E-state index in [2.05, 4.69) is 4.98 Å². The van der Waals surface area contributed by atoms with Crippen molar-refractivity contribution in [1.29, 1.82) is 0 Å². The fraction of sp³-hybridized carbons (Fsp3) is 0.0625. The molecule has 1 heterocycles. The second kappa shape index (κ2) is 4.49. The topological polar surface area (TPSA) is 58.9 Å². The minimum Gasteiger partial charge on any atom is -0.396 e. The van der Waals surface area contributed by atoms with Crippen molar-refractivity contribution in [3.8, 4) is 0 Å². The molecule has 0 amide bonds. The molecule has 0 atom stereocenters. The van der Waals surface area contributed by atoms with Crippen LogP contribution in [0.3, 0.4) is 0 Å². The molecule has 0 aliphatic carbocycles. The fourth-order valence-electron chi connectivity index (χ4n) is 2.26. The number of carbonyl (C=O) groups is 1. The highest BCUT2D eigenvalue weighted by atomic mass is 19.1. The number of ketones is 1. The van der Waals surface area contributed by atoms with Gasteiger partial charge in [0.15, 0.2) is 5.78 Å². The molecule has 0 aliphatic rings. The maximum absolute atomic E-state index is 13.2. The zero-order valence-electron chi connectivity index (χ0n) is 10.9. The van der Waals surface area contributed by atoms with Crippen molar-refractivity contribution in [2.75, 3.05) is 5.73 Å². The Balaban J connectivity index is 2.12. The van der Waals surface area contributed by atoms with Crippen LogP contribution in [0.15, 0.2) is 42.6 Å². The molecular formula is C16H13FN2O. The van der Waals surface area contributed by atoms with Crippen LogP contribution >= 0.6 is 0 Å². The summed E-state index contributed by atoms with van der Waals surface area (Å²) in [5.41, 5.74) is 8.41. The van der Waals surface area contributed by atoms with E-state index in [1.165, 1.54) is 18.2 Å². The molecule has 0 fully saturated rings. The molecule has 0 saturated carbocycles. The van der Waals surface area contributed by atoms with Crippen molar-refractivity contribution in [3.63, 3.8) is 0 Å². The van der Waals surface area contributed by atoms with Crippen molar-refractivity contribution < 1.29 is 9.18 Å². The van der Waals surface area contributed by atoms with Crippen molar-refractivity contribution >= 4 is 22.4 Å². The number of anilines is 1. The van der Waals surface area contributed by atoms with Gasteiger partial charge in [-0.3, -0.25) is 4.79 Å². The van der Waals surface area contributed by atoms with Crippen LogP contribution in [0.1, 0.15) is 21.5 Å². The lowest BCUT2D eigenvalue weighted by Gasteiger charge is -2.03. The first-order valence-corrected chi connectivity index (χ1v) is 6.24. The highest BCUT2D eigenvalue weighted by Gasteiger charge is 2.15. The molecule has 1 aromatic heterocycles. The van der Waals surface area contributed by atoms with E-state index in [0.717, 1.165) is 16.5 Å². The molecule has 3 nitrogen and oxygen atoms in total. The number of benzene rings is 2. The van der Waals surface area contributed by atoms with Gasteiger partial charge in [-0.1, -0.05) is 11.6 Å². The quantitative estimate of drug-likeness (QED) is 0.552. The first kappa shape index (κ1) is 12.4. The minimum absolute atomic E-state index is 0.0214. The molecule has 0 saturated heterocycles. The maximum Gasteiger partial charge on any atom is 0.195 e. The van der Waals surface area contributed by atoms with Gasteiger partial charge in [-0.05, 0) is 37.3 Å². The molecule has 0 spiro atoms. The minimum atomic E-state index is -0.517. The Hall–Kier alpha value is -2.62. The Morgan fingerprint density at radius 1 is 1.20 bits per heavy atom. The Kier molecular flexibility index (Phi) is 2.79. The van der Waals surface area contributed by atoms with Crippen LogP contribution in [0.4, 0.5) is 10.1 Å². The second-order valence-electron chi connectivity index (χ2n) is 4.82. The summed E-state index contributed by atoms with van der Waals surface area (Å²) in [6.45, 7) is 1.97. The summed E-state index contributed by atoms with van der Waals surface area (Å²) >= 11 is 0. The van der Waals surface area contributed by atoms with Gasteiger partial charge in [0.2, 0.25) is 0 Å². The van der Waals surface area contributed by atoms with Crippen LogP contribution in [0.25, 0.3) is 10.9 Å². The molecule has 3 N–H and O–H groups in total. The van der Waals surface area contributed by atoms with Gasteiger partial charge in [0.05, 0.1) is 5.69 Å². The van der Waals surface area contributed by atoms with Gasteiger partial charge in [0, 0.05) is 28.2 Å². The first-order valence-electron chi connectivity index (χ1n) is 6.24. The molecule has 2 aromatic carbocycles. The highest BCUT2D eigenvalue weighted by molar-refractivity contribution is 6.16. The van der Waals surface area contributed by atoms with Crippen molar-refractivity contribution in [3.05, 3.63) is 65.1 Å². The average molecular weight is 268 g/mol. The molecule has 100 valence electrons. The van der Waals surface area contributed by atoms with Gasteiger partial charge in [-0.25, -0.2) is 4.39 Å². The normalized spacial score (nSPS) is 10.9. The van der Waals surface area contributed by atoms with Crippen molar-refractivity contribution in [2.24, 2.45) is 0 Å². The van der Waals surface area contributed by atoms with E-state index in [-0.39, 0.29) is 11.5 Å². The van der Waals surface area contributed by atoms with Crippen LogP contribution < -0.4 is 5.73 Å². The molecule has 0 radical (unpaired) electrons. The van der Waals surface area contributed by atoms with E-state index in [4.69, 9.17) is 5.73 Å². The van der Waals surface area contributed by atoms with E-state index in [9.17, 15) is 9.18 Å². The van der Waals surface area contributed by atoms with Gasteiger partial charge in [-0.15, -0.1) is 0 Å². The first-order chi connectivity index (χ1) is 9.56. The second-order valence-corrected chi connectivity index (χ2v) is 4.82. The van der Waals surface area contributed by atoms with Crippen LogP contribution in [0.5, 0.6) is 0 Å². The molecule has 0 unspecified atom stereocenters. The van der Waals surface area contributed by atoms with Crippen LogP contribution in [0, 0.1) is 12.7 Å². The summed E-state index contributed by atoms with van der Waals surface area (Å²) in [7, 11) is 0. The van der Waals surface area contributed by atoms with E-state index < -0.39 is 5.82 Å². The smallest absolute Gasteiger partial charge is 0.195 e. The maximum atomic E-state index is 13.2. The molecule has 4 heteroatoms. The molecule has 3 rings (SSSR count). The number of carbonyl (C=O) groups excluding carboxylic acids is 1. The number of nitrogen functional groups attached to an aromatic ring is 1. The lowest BCUT2D eigenvalue weighted by Crippen LogP contribution is -2.02. The number of aromatic nitrogens is 1. The van der Waals surface area contributed by atoms with E-state index >= 15 is 0 Å². The zero-order chi connectivity index (χ0) is 14.3. The Bertz CT molecular complexity index is 820. The molecule has 20 heavy (non-hydrogen) atoms. The fourth-order valence-corrected chi connectivity index (χ4v) is 2.26. The summed E-state index contributed by atoms with van der Waals surface area (Å²) in [6, 6.07) is 9.88. The molecule has 3 aromatic rings. The predicted molar refractivity (Wildman–Crippen MR) is 77.3 cm³/mol. The lowest BCUT2D eigenvalue weighted by molar-refractivity contribution is 0.104. The largest absolute Gasteiger partial charge is 0.396 e. The molecule has 0 aliphatic heterocycles. The van der Waals surface area contributed by atoms with Crippen LogP contribution in [0.2, 0.25) is 0 Å². The van der Waals surface area contributed by atoms with Crippen LogP contribution in [-0.2, 0) is 0 Å². The number of aromatic amines is 1. The number of hydrogen-bond acceptors (Lipinski definition) is 2. The third-order valence-electron chi connectivity index (χ3n) is 3.34. The predicted octanol–water partition coefficient (Wildman–Crippen LogP) is 3.43. The Morgan fingerprint density at radius 3 is 2.75 bits per heavy atom. The number of H-pyrrole nitrogens is 1. The van der Waals surface area contributed by atoms with E-state index in [0.29, 0.717) is 11.1 Å². The third kappa shape index (κ3) is 1.95. The average Bonchev–Trinajstić information content (AvgIpc) is 2.84. The number of rotatable bonds is 2. The van der Waals surface area contributed by atoms with Crippen molar-refractivity contribution in [1.82, 2.24) is 4.98 Å². The number of halogens is 1. The summed E-state index contributed by atoms with van der Waals surface area (Å²) < 4.78 is 13.2. The van der Waals surface area contributed by atoms with E-state index in [1.54, 1.807) is 6.20 Å². The number of aryl methyl sites for hydroxylation is 1. The summed E-state index contributed by atoms with van der Waals surface area (Å²) in [5.74, 6) is -0.690. The van der Waals surface area contributed by atoms with Gasteiger partial charge < -0.3 is 10.7 Å². The SMILES string of the molecule is Cc1ccc2[nH]cc(C(=O)c3ccc(F)c(N)c3)c2c1. The van der Waals surface area contributed by atoms with Gasteiger partial charge >= 0.3 is 0 Å². The summed E-state index contributed by atoms with van der Waals surface area (Å²) in [6.07, 6.45) is 1.67. The monoisotopic (exact) mass is 268 g/mol. The Morgan fingerprint density at radius 2 is 2.00 bits per heavy atom.